The van der Waals surface area contributed by atoms with Crippen molar-refractivity contribution in [3.8, 4) is 5.75 Å². The summed E-state index contributed by atoms with van der Waals surface area (Å²) in [6.07, 6.45) is 0.317. The maximum absolute atomic E-state index is 13.6. The molecular formula is C22H26N2O3. The van der Waals surface area contributed by atoms with E-state index < -0.39 is 6.10 Å². The minimum atomic E-state index is -0.537. The molecule has 2 heterocycles. The third-order valence-electron chi connectivity index (χ3n) is 5.26. The highest BCUT2D eigenvalue weighted by molar-refractivity contribution is 5.83. The van der Waals surface area contributed by atoms with Crippen molar-refractivity contribution in [2.45, 2.75) is 25.1 Å². The van der Waals surface area contributed by atoms with Crippen molar-refractivity contribution in [1.29, 1.82) is 0 Å². The number of benzene rings is 2. The van der Waals surface area contributed by atoms with Crippen molar-refractivity contribution in [2.75, 3.05) is 33.9 Å². The van der Waals surface area contributed by atoms with Gasteiger partial charge in [-0.2, -0.15) is 0 Å². The van der Waals surface area contributed by atoms with Crippen LogP contribution in [0.1, 0.15) is 22.8 Å². The standard InChI is InChI=1S/C22H26N2O3/c1-23(2)14-18-15-27-20-10-6-4-8-17(20)13-24(18)22(25)21-19-9-5-3-7-16(19)11-12-26-21/h3-10,18,21H,11-15H2,1-2H3. The Hall–Kier alpha value is -2.37. The van der Waals surface area contributed by atoms with Crippen molar-refractivity contribution in [1.82, 2.24) is 9.80 Å². The molecule has 1 amide bonds. The van der Waals surface area contributed by atoms with Crippen LogP contribution in [0.2, 0.25) is 0 Å². The molecule has 2 atom stereocenters. The molecule has 0 fully saturated rings. The lowest BCUT2D eigenvalue weighted by atomic mass is 9.96. The summed E-state index contributed by atoms with van der Waals surface area (Å²) in [6.45, 7) is 2.34. The van der Waals surface area contributed by atoms with Crippen LogP contribution in [0.4, 0.5) is 0 Å². The highest BCUT2D eigenvalue weighted by Gasteiger charge is 2.36. The molecule has 0 spiro atoms. The Bertz CT molecular complexity index is 821. The Morgan fingerprint density at radius 3 is 2.67 bits per heavy atom. The Kier molecular flexibility index (Phi) is 5.14. The van der Waals surface area contributed by atoms with Crippen molar-refractivity contribution in [2.24, 2.45) is 0 Å². The summed E-state index contributed by atoms with van der Waals surface area (Å²) < 4.78 is 12.0. The van der Waals surface area contributed by atoms with E-state index in [1.807, 2.05) is 61.5 Å². The maximum Gasteiger partial charge on any atom is 0.257 e. The number of amides is 1. The number of carbonyl (C=O) groups excluding carboxylic acids is 1. The van der Waals surface area contributed by atoms with Crippen LogP contribution in [0.3, 0.4) is 0 Å². The average molecular weight is 366 g/mol. The predicted molar refractivity (Wildman–Crippen MR) is 104 cm³/mol. The number of carbonyl (C=O) groups is 1. The lowest BCUT2D eigenvalue weighted by molar-refractivity contribution is -0.149. The van der Waals surface area contributed by atoms with E-state index >= 15 is 0 Å². The fourth-order valence-electron chi connectivity index (χ4n) is 3.94. The quantitative estimate of drug-likeness (QED) is 0.838. The van der Waals surface area contributed by atoms with E-state index in [-0.39, 0.29) is 11.9 Å². The second-order valence-electron chi connectivity index (χ2n) is 7.50. The van der Waals surface area contributed by atoms with Gasteiger partial charge in [-0.25, -0.2) is 0 Å². The number of rotatable bonds is 3. The largest absolute Gasteiger partial charge is 0.491 e. The summed E-state index contributed by atoms with van der Waals surface area (Å²) in [5, 5.41) is 0. The molecule has 0 saturated carbocycles. The van der Waals surface area contributed by atoms with Gasteiger partial charge >= 0.3 is 0 Å². The number of nitrogens with zero attached hydrogens (tertiary/aromatic N) is 2. The maximum atomic E-state index is 13.6. The van der Waals surface area contributed by atoms with Crippen LogP contribution in [0.25, 0.3) is 0 Å². The lowest BCUT2D eigenvalue weighted by Gasteiger charge is -2.35. The molecule has 5 heteroatoms. The number of likely N-dealkylation sites (N-methyl/N-ethyl adjacent to an activating group) is 1. The summed E-state index contributed by atoms with van der Waals surface area (Å²) in [6, 6.07) is 16.0. The molecule has 2 unspecified atom stereocenters. The van der Waals surface area contributed by atoms with E-state index in [9.17, 15) is 4.79 Å². The number of fused-ring (bicyclic) bond motifs is 2. The minimum Gasteiger partial charge on any atom is -0.491 e. The Labute approximate surface area is 160 Å². The molecule has 2 aliphatic heterocycles. The van der Waals surface area contributed by atoms with Crippen LogP contribution < -0.4 is 4.74 Å². The molecule has 0 N–H and O–H groups in total. The van der Waals surface area contributed by atoms with E-state index in [0.717, 1.165) is 29.8 Å². The average Bonchev–Trinajstić information content (AvgIpc) is 2.86. The number of hydrogen-bond donors (Lipinski definition) is 0. The second-order valence-corrected chi connectivity index (χ2v) is 7.50. The summed E-state index contributed by atoms with van der Waals surface area (Å²) in [5.74, 6) is 0.885. The molecule has 4 rings (SSSR count). The van der Waals surface area contributed by atoms with Crippen LogP contribution in [-0.4, -0.2) is 55.6 Å². The molecule has 0 bridgehead atoms. The van der Waals surface area contributed by atoms with Crippen LogP contribution in [0, 0.1) is 0 Å². The SMILES string of the molecule is CN(C)CC1COc2ccccc2CN1C(=O)C1OCCc2ccccc21. The smallest absolute Gasteiger partial charge is 0.257 e. The minimum absolute atomic E-state index is 0.0225. The number of para-hydroxylation sites is 1. The van der Waals surface area contributed by atoms with Crippen molar-refractivity contribution >= 4 is 5.91 Å². The molecule has 27 heavy (non-hydrogen) atoms. The molecule has 0 aromatic heterocycles. The molecule has 2 aromatic rings. The Balaban J connectivity index is 1.67. The van der Waals surface area contributed by atoms with Gasteiger partial charge in [-0.1, -0.05) is 42.5 Å². The van der Waals surface area contributed by atoms with Gasteiger partial charge in [-0.05, 0) is 37.7 Å². The van der Waals surface area contributed by atoms with Gasteiger partial charge in [0.2, 0.25) is 0 Å². The van der Waals surface area contributed by atoms with Gasteiger partial charge in [0.05, 0.1) is 12.6 Å². The summed E-state index contributed by atoms with van der Waals surface area (Å²) in [4.78, 5) is 17.6. The summed E-state index contributed by atoms with van der Waals surface area (Å²) in [7, 11) is 4.04. The second kappa shape index (κ2) is 7.71. The fourth-order valence-corrected chi connectivity index (χ4v) is 3.94. The van der Waals surface area contributed by atoms with Gasteiger partial charge in [0, 0.05) is 18.7 Å². The zero-order valence-electron chi connectivity index (χ0n) is 15.9. The third-order valence-corrected chi connectivity index (χ3v) is 5.26. The normalized spacial score (nSPS) is 21.8. The molecule has 142 valence electrons. The Morgan fingerprint density at radius 1 is 1.11 bits per heavy atom. The van der Waals surface area contributed by atoms with Gasteiger partial charge in [0.1, 0.15) is 12.4 Å². The van der Waals surface area contributed by atoms with Gasteiger partial charge in [-0.15, -0.1) is 0 Å². The molecule has 0 aliphatic carbocycles. The number of ether oxygens (including phenoxy) is 2. The first kappa shape index (κ1) is 18.0. The topological polar surface area (TPSA) is 42.0 Å². The van der Waals surface area contributed by atoms with Crippen molar-refractivity contribution in [3.05, 3.63) is 65.2 Å². The van der Waals surface area contributed by atoms with E-state index in [1.165, 1.54) is 5.56 Å². The van der Waals surface area contributed by atoms with Crippen LogP contribution >= 0.6 is 0 Å². The highest BCUT2D eigenvalue weighted by atomic mass is 16.5. The van der Waals surface area contributed by atoms with Crippen LogP contribution in [0.5, 0.6) is 5.75 Å². The summed E-state index contributed by atoms with van der Waals surface area (Å²) >= 11 is 0. The lowest BCUT2D eigenvalue weighted by Crippen LogP contribution is -2.49. The van der Waals surface area contributed by atoms with Gasteiger partial charge in [0.15, 0.2) is 6.10 Å². The molecule has 2 aromatic carbocycles. The monoisotopic (exact) mass is 366 g/mol. The van der Waals surface area contributed by atoms with Gasteiger partial charge in [-0.3, -0.25) is 4.79 Å². The van der Waals surface area contributed by atoms with E-state index in [0.29, 0.717) is 19.8 Å². The molecular weight excluding hydrogens is 340 g/mol. The van der Waals surface area contributed by atoms with E-state index in [1.54, 1.807) is 0 Å². The number of hydrogen-bond acceptors (Lipinski definition) is 4. The first-order valence-corrected chi connectivity index (χ1v) is 9.49. The van der Waals surface area contributed by atoms with E-state index in [2.05, 4.69) is 11.0 Å². The third kappa shape index (κ3) is 3.70. The zero-order chi connectivity index (χ0) is 18.8. The van der Waals surface area contributed by atoms with Crippen molar-refractivity contribution in [3.63, 3.8) is 0 Å². The van der Waals surface area contributed by atoms with Crippen molar-refractivity contribution < 1.29 is 14.3 Å². The molecule has 0 radical (unpaired) electrons. The Morgan fingerprint density at radius 2 is 1.85 bits per heavy atom. The molecule has 0 saturated heterocycles. The first-order valence-electron chi connectivity index (χ1n) is 9.49. The highest BCUT2D eigenvalue weighted by Crippen LogP contribution is 2.32. The predicted octanol–water partition coefficient (Wildman–Crippen LogP) is 2.65. The van der Waals surface area contributed by atoms with Gasteiger partial charge < -0.3 is 19.3 Å². The van der Waals surface area contributed by atoms with E-state index in [4.69, 9.17) is 9.47 Å². The first-order chi connectivity index (χ1) is 13.1. The molecule has 5 nitrogen and oxygen atoms in total. The fraction of sp³-hybridized carbons (Fsp3) is 0.409. The van der Waals surface area contributed by atoms with Crippen LogP contribution in [-0.2, 0) is 22.5 Å². The van der Waals surface area contributed by atoms with Gasteiger partial charge in [0.25, 0.3) is 5.91 Å². The zero-order valence-corrected chi connectivity index (χ0v) is 15.9. The summed E-state index contributed by atoms with van der Waals surface area (Å²) in [5.41, 5.74) is 3.24. The molecule has 2 aliphatic rings. The van der Waals surface area contributed by atoms with Crippen LogP contribution in [0.15, 0.2) is 48.5 Å².